The van der Waals surface area contributed by atoms with Gasteiger partial charge in [0.25, 0.3) is 0 Å². The summed E-state index contributed by atoms with van der Waals surface area (Å²) in [6.45, 7) is 10.9. The van der Waals surface area contributed by atoms with Gasteiger partial charge in [-0.2, -0.15) is 0 Å². The zero-order valence-corrected chi connectivity index (χ0v) is 11.8. The molecule has 0 aliphatic carbocycles. The summed E-state index contributed by atoms with van der Waals surface area (Å²) in [5.41, 5.74) is 0.309. The van der Waals surface area contributed by atoms with Gasteiger partial charge < -0.3 is 14.8 Å². The molecule has 4 heteroatoms. The van der Waals surface area contributed by atoms with Gasteiger partial charge in [0.05, 0.1) is 0 Å². The van der Waals surface area contributed by atoms with E-state index < -0.39 is 0 Å². The van der Waals surface area contributed by atoms with Crippen molar-refractivity contribution in [2.24, 2.45) is 0 Å². The van der Waals surface area contributed by atoms with Crippen molar-refractivity contribution in [3.8, 4) is 0 Å². The Hall–Kier alpha value is -0.160. The summed E-state index contributed by atoms with van der Waals surface area (Å²) >= 11 is 0. The highest BCUT2D eigenvalue weighted by molar-refractivity contribution is 4.88. The third-order valence-electron chi connectivity index (χ3n) is 3.68. The van der Waals surface area contributed by atoms with Crippen molar-refractivity contribution in [1.82, 2.24) is 10.2 Å². The largest absolute Gasteiger partial charge is 0.352 e. The Labute approximate surface area is 106 Å². The van der Waals surface area contributed by atoms with Crippen LogP contribution in [0.1, 0.15) is 33.6 Å². The van der Waals surface area contributed by atoms with Crippen molar-refractivity contribution in [3.63, 3.8) is 0 Å². The highest BCUT2D eigenvalue weighted by atomic mass is 16.7. The van der Waals surface area contributed by atoms with E-state index in [-0.39, 0.29) is 6.29 Å². The summed E-state index contributed by atoms with van der Waals surface area (Å²) in [5, 5.41) is 3.42. The molecule has 102 valence electrons. The van der Waals surface area contributed by atoms with Gasteiger partial charge in [-0.1, -0.05) is 0 Å². The van der Waals surface area contributed by atoms with E-state index >= 15 is 0 Å². The molecule has 0 bridgehead atoms. The molecule has 0 aromatic rings. The molecule has 0 spiro atoms. The van der Waals surface area contributed by atoms with Gasteiger partial charge in [0.15, 0.2) is 6.29 Å². The molecule has 1 saturated heterocycles. The van der Waals surface area contributed by atoms with Gasteiger partial charge in [-0.3, -0.25) is 4.90 Å². The lowest BCUT2D eigenvalue weighted by atomic mass is 9.90. The number of hydrogen-bond acceptors (Lipinski definition) is 4. The molecular formula is C13H28N2O2. The molecule has 0 unspecified atom stereocenters. The normalized spacial score (nSPS) is 21.0. The van der Waals surface area contributed by atoms with Crippen LogP contribution in [-0.2, 0) is 9.47 Å². The van der Waals surface area contributed by atoms with Crippen LogP contribution < -0.4 is 5.32 Å². The first kappa shape index (κ1) is 14.9. The summed E-state index contributed by atoms with van der Waals surface area (Å²) in [4.78, 5) is 2.44. The quantitative estimate of drug-likeness (QED) is 0.688. The number of piperidine rings is 1. The molecule has 0 aromatic carbocycles. The average Bonchev–Trinajstić information content (AvgIpc) is 2.33. The van der Waals surface area contributed by atoms with Crippen molar-refractivity contribution in [2.45, 2.75) is 45.4 Å². The minimum atomic E-state index is -0.0658. The number of likely N-dealkylation sites (tertiary alicyclic amines) is 1. The maximum Gasteiger partial charge on any atom is 0.170 e. The minimum Gasteiger partial charge on any atom is -0.352 e. The van der Waals surface area contributed by atoms with Crippen molar-refractivity contribution in [2.75, 3.05) is 39.9 Å². The second-order valence-corrected chi connectivity index (χ2v) is 4.95. The molecule has 1 aliphatic rings. The van der Waals surface area contributed by atoms with Crippen LogP contribution in [0.2, 0.25) is 0 Å². The monoisotopic (exact) mass is 244 g/mol. The molecule has 0 amide bonds. The number of ether oxygens (including phenoxy) is 2. The summed E-state index contributed by atoms with van der Waals surface area (Å²) < 4.78 is 11.2. The molecular weight excluding hydrogens is 216 g/mol. The molecule has 1 rings (SSSR count). The second kappa shape index (κ2) is 7.31. The van der Waals surface area contributed by atoms with Crippen molar-refractivity contribution >= 4 is 0 Å². The summed E-state index contributed by atoms with van der Waals surface area (Å²) in [7, 11) is 2.05. The molecule has 1 fully saturated rings. The lowest BCUT2D eigenvalue weighted by Crippen LogP contribution is -2.51. The number of nitrogens with one attached hydrogen (secondary N) is 1. The van der Waals surface area contributed by atoms with Crippen LogP contribution in [0.4, 0.5) is 0 Å². The second-order valence-electron chi connectivity index (χ2n) is 4.95. The lowest BCUT2D eigenvalue weighted by molar-refractivity contribution is -0.149. The Morgan fingerprint density at radius 3 is 2.12 bits per heavy atom. The standard InChI is InChI=1S/C13H28N2O2/c1-5-16-12(17-6-2)11-15-9-7-13(3,14-4)8-10-15/h12,14H,5-11H2,1-4H3. The van der Waals surface area contributed by atoms with Crippen LogP contribution >= 0.6 is 0 Å². The molecule has 1 N–H and O–H groups in total. The van der Waals surface area contributed by atoms with E-state index in [0.717, 1.165) is 19.6 Å². The van der Waals surface area contributed by atoms with Crippen LogP contribution in [-0.4, -0.2) is 56.6 Å². The fourth-order valence-corrected chi connectivity index (χ4v) is 2.22. The van der Waals surface area contributed by atoms with Crippen molar-refractivity contribution < 1.29 is 9.47 Å². The fraction of sp³-hybridized carbons (Fsp3) is 1.00. The number of nitrogens with zero attached hydrogens (tertiary/aromatic N) is 1. The van der Waals surface area contributed by atoms with E-state index in [1.54, 1.807) is 0 Å². The van der Waals surface area contributed by atoms with Gasteiger partial charge in [0.2, 0.25) is 0 Å². The minimum absolute atomic E-state index is 0.0658. The van der Waals surface area contributed by atoms with Crippen molar-refractivity contribution in [1.29, 1.82) is 0 Å². The molecule has 17 heavy (non-hydrogen) atoms. The molecule has 0 atom stereocenters. The van der Waals surface area contributed by atoms with Gasteiger partial charge in [-0.05, 0) is 40.7 Å². The Bertz CT molecular complexity index is 198. The number of rotatable bonds is 7. The maximum atomic E-state index is 5.58. The van der Waals surface area contributed by atoms with E-state index in [4.69, 9.17) is 9.47 Å². The molecule has 0 aromatic heterocycles. The van der Waals surface area contributed by atoms with E-state index in [2.05, 4.69) is 24.2 Å². The van der Waals surface area contributed by atoms with Gasteiger partial charge >= 0.3 is 0 Å². The van der Waals surface area contributed by atoms with Crippen LogP contribution in [0.25, 0.3) is 0 Å². The Morgan fingerprint density at radius 2 is 1.71 bits per heavy atom. The summed E-state index contributed by atoms with van der Waals surface area (Å²) in [6.07, 6.45) is 2.31. The van der Waals surface area contributed by atoms with Gasteiger partial charge in [-0.25, -0.2) is 0 Å². The molecule has 4 nitrogen and oxygen atoms in total. The first-order valence-corrected chi connectivity index (χ1v) is 6.78. The smallest absolute Gasteiger partial charge is 0.170 e. The van der Waals surface area contributed by atoms with Crippen LogP contribution in [0, 0.1) is 0 Å². The van der Waals surface area contributed by atoms with Crippen LogP contribution in [0.15, 0.2) is 0 Å². The maximum absolute atomic E-state index is 5.58. The van der Waals surface area contributed by atoms with Gasteiger partial charge in [0, 0.05) is 38.4 Å². The zero-order valence-electron chi connectivity index (χ0n) is 11.8. The van der Waals surface area contributed by atoms with Crippen LogP contribution in [0.3, 0.4) is 0 Å². The number of hydrogen-bond donors (Lipinski definition) is 1. The first-order chi connectivity index (χ1) is 8.13. The van der Waals surface area contributed by atoms with Gasteiger partial charge in [-0.15, -0.1) is 0 Å². The highest BCUT2D eigenvalue weighted by Crippen LogP contribution is 2.21. The van der Waals surface area contributed by atoms with Crippen molar-refractivity contribution in [3.05, 3.63) is 0 Å². The Balaban J connectivity index is 2.32. The van der Waals surface area contributed by atoms with E-state index in [9.17, 15) is 0 Å². The predicted octanol–water partition coefficient (Wildman–Crippen LogP) is 1.46. The molecule has 0 saturated carbocycles. The molecule has 1 aliphatic heterocycles. The van der Waals surface area contributed by atoms with Gasteiger partial charge in [0.1, 0.15) is 0 Å². The highest BCUT2D eigenvalue weighted by Gasteiger charge is 2.29. The lowest BCUT2D eigenvalue weighted by Gasteiger charge is -2.40. The summed E-state index contributed by atoms with van der Waals surface area (Å²) in [5.74, 6) is 0. The van der Waals surface area contributed by atoms with E-state index in [1.807, 2.05) is 13.8 Å². The molecule has 0 radical (unpaired) electrons. The fourth-order valence-electron chi connectivity index (χ4n) is 2.22. The zero-order chi connectivity index (χ0) is 12.7. The third-order valence-corrected chi connectivity index (χ3v) is 3.68. The summed E-state index contributed by atoms with van der Waals surface area (Å²) in [6, 6.07) is 0. The predicted molar refractivity (Wildman–Crippen MR) is 70.2 cm³/mol. The third kappa shape index (κ3) is 4.92. The SMILES string of the molecule is CCOC(CN1CCC(C)(NC)CC1)OCC. The Morgan fingerprint density at radius 1 is 1.18 bits per heavy atom. The Kier molecular flexibility index (Phi) is 6.41. The topological polar surface area (TPSA) is 33.7 Å². The first-order valence-electron chi connectivity index (χ1n) is 6.78. The average molecular weight is 244 g/mol. The molecule has 1 heterocycles. The van der Waals surface area contributed by atoms with E-state index in [1.165, 1.54) is 12.8 Å². The van der Waals surface area contributed by atoms with E-state index in [0.29, 0.717) is 18.8 Å². The van der Waals surface area contributed by atoms with Crippen LogP contribution in [0.5, 0.6) is 0 Å².